The maximum Gasteiger partial charge on any atom is 0.276 e. The predicted molar refractivity (Wildman–Crippen MR) is 77.3 cm³/mol. The molecule has 3 aromatic rings. The number of H-pyrrole nitrogens is 1. The van der Waals surface area contributed by atoms with Crippen molar-refractivity contribution in [2.75, 3.05) is 5.32 Å². The van der Waals surface area contributed by atoms with Crippen LogP contribution in [0.25, 0.3) is 11.2 Å². The van der Waals surface area contributed by atoms with Crippen molar-refractivity contribution in [2.24, 2.45) is 0 Å². The largest absolute Gasteiger partial charge is 0.341 e. The number of nitrogens with one attached hydrogen (secondary N) is 2. The summed E-state index contributed by atoms with van der Waals surface area (Å²) in [6.45, 7) is 4.33. The highest BCUT2D eigenvalue weighted by Crippen LogP contribution is 2.18. The molecule has 21 heavy (non-hydrogen) atoms. The molecule has 0 spiro atoms. The molecule has 0 aliphatic carbocycles. The van der Waals surface area contributed by atoms with E-state index in [9.17, 15) is 4.79 Å². The molecule has 0 unspecified atom stereocenters. The van der Waals surface area contributed by atoms with E-state index < -0.39 is 0 Å². The molecule has 108 valence electrons. The Morgan fingerprint density at radius 3 is 3.05 bits per heavy atom. The molecule has 9 heteroatoms. The Kier molecular flexibility index (Phi) is 3.30. The van der Waals surface area contributed by atoms with Gasteiger partial charge in [0.25, 0.3) is 5.91 Å². The highest BCUT2D eigenvalue weighted by atomic mass is 35.5. The third-order valence-corrected chi connectivity index (χ3v) is 3.17. The first kappa shape index (κ1) is 13.5. The number of aromatic nitrogens is 6. The van der Waals surface area contributed by atoms with E-state index in [1.807, 2.05) is 13.8 Å². The average Bonchev–Trinajstić information content (AvgIpc) is 3.04. The zero-order valence-electron chi connectivity index (χ0n) is 11.4. The molecule has 0 aliphatic heterocycles. The van der Waals surface area contributed by atoms with Gasteiger partial charge in [-0.25, -0.2) is 4.98 Å². The Morgan fingerprint density at radius 1 is 1.48 bits per heavy atom. The van der Waals surface area contributed by atoms with Crippen LogP contribution in [0.4, 0.5) is 5.95 Å². The summed E-state index contributed by atoms with van der Waals surface area (Å²) in [5.74, 6) is -0.241. The van der Waals surface area contributed by atoms with Crippen LogP contribution in [-0.4, -0.2) is 35.6 Å². The van der Waals surface area contributed by atoms with Crippen molar-refractivity contribution in [2.45, 2.75) is 20.4 Å². The van der Waals surface area contributed by atoms with Crippen LogP contribution in [0, 0.1) is 6.92 Å². The molecule has 1 amide bonds. The first-order valence-corrected chi connectivity index (χ1v) is 6.68. The first-order chi connectivity index (χ1) is 10.1. The molecule has 0 aliphatic rings. The number of imidazole rings is 1. The summed E-state index contributed by atoms with van der Waals surface area (Å²) in [4.78, 5) is 27.2. The van der Waals surface area contributed by atoms with Gasteiger partial charge in [0.05, 0.1) is 12.0 Å². The lowest BCUT2D eigenvalue weighted by molar-refractivity contribution is 0.101. The number of carbonyl (C=O) groups excluding carboxylic acids is 1. The van der Waals surface area contributed by atoms with Gasteiger partial charge in [0, 0.05) is 6.54 Å². The van der Waals surface area contributed by atoms with Gasteiger partial charge in [0.2, 0.25) is 5.95 Å². The van der Waals surface area contributed by atoms with Crippen LogP contribution >= 0.6 is 11.6 Å². The van der Waals surface area contributed by atoms with E-state index in [4.69, 9.17) is 11.6 Å². The number of anilines is 1. The SMILES string of the molecule is CCn1nc(C)cc1C(=O)Nc1nc(Cl)c2[nH]cnc2n1. The number of halogens is 1. The van der Waals surface area contributed by atoms with Gasteiger partial charge in [0.1, 0.15) is 11.2 Å². The fourth-order valence-electron chi connectivity index (χ4n) is 1.99. The van der Waals surface area contributed by atoms with Crippen molar-refractivity contribution in [3.05, 3.63) is 28.9 Å². The second kappa shape index (κ2) is 5.13. The second-order valence-corrected chi connectivity index (χ2v) is 4.74. The van der Waals surface area contributed by atoms with Gasteiger partial charge < -0.3 is 4.98 Å². The van der Waals surface area contributed by atoms with E-state index in [-0.39, 0.29) is 17.0 Å². The van der Waals surface area contributed by atoms with Crippen molar-refractivity contribution in [3.63, 3.8) is 0 Å². The Hall–Kier alpha value is -2.48. The van der Waals surface area contributed by atoms with Gasteiger partial charge >= 0.3 is 0 Å². The number of aromatic amines is 1. The second-order valence-electron chi connectivity index (χ2n) is 4.38. The van der Waals surface area contributed by atoms with Crippen molar-refractivity contribution in [1.29, 1.82) is 0 Å². The number of carbonyl (C=O) groups is 1. The number of amides is 1. The maximum atomic E-state index is 12.3. The van der Waals surface area contributed by atoms with Gasteiger partial charge in [-0.2, -0.15) is 15.1 Å². The maximum absolute atomic E-state index is 12.3. The van der Waals surface area contributed by atoms with Gasteiger partial charge in [-0.05, 0) is 19.9 Å². The zero-order valence-corrected chi connectivity index (χ0v) is 12.1. The lowest BCUT2D eigenvalue weighted by Crippen LogP contribution is -2.18. The van der Waals surface area contributed by atoms with E-state index in [2.05, 4.69) is 30.4 Å². The number of hydrogen-bond acceptors (Lipinski definition) is 5. The zero-order chi connectivity index (χ0) is 15.0. The van der Waals surface area contributed by atoms with Crippen molar-refractivity contribution in [1.82, 2.24) is 29.7 Å². The molecule has 2 N–H and O–H groups in total. The van der Waals surface area contributed by atoms with Crippen molar-refractivity contribution in [3.8, 4) is 0 Å². The van der Waals surface area contributed by atoms with Gasteiger partial charge in [-0.1, -0.05) is 11.6 Å². The summed E-state index contributed by atoms with van der Waals surface area (Å²) in [7, 11) is 0. The highest BCUT2D eigenvalue weighted by Gasteiger charge is 2.16. The van der Waals surface area contributed by atoms with Crippen molar-refractivity contribution >= 4 is 34.6 Å². The molecule has 0 bridgehead atoms. The Balaban J connectivity index is 1.92. The van der Waals surface area contributed by atoms with E-state index in [0.717, 1.165) is 5.69 Å². The molecule has 3 aromatic heterocycles. The summed E-state index contributed by atoms with van der Waals surface area (Å²) >= 11 is 6.00. The van der Waals surface area contributed by atoms with Gasteiger partial charge in [-0.3, -0.25) is 14.8 Å². The molecular formula is C12H12ClN7O. The van der Waals surface area contributed by atoms with Crippen LogP contribution in [0.3, 0.4) is 0 Å². The quantitative estimate of drug-likeness (QED) is 0.718. The van der Waals surface area contributed by atoms with E-state index >= 15 is 0 Å². The number of aryl methyl sites for hydroxylation is 2. The molecular weight excluding hydrogens is 294 g/mol. The molecule has 0 aromatic carbocycles. The summed E-state index contributed by atoms with van der Waals surface area (Å²) in [6.07, 6.45) is 1.46. The Labute approximate surface area is 124 Å². The normalized spacial score (nSPS) is 11.0. The average molecular weight is 306 g/mol. The molecule has 0 radical (unpaired) electrons. The van der Waals surface area contributed by atoms with Crippen LogP contribution in [0.1, 0.15) is 23.1 Å². The molecule has 3 heterocycles. The standard InChI is InChI=1S/C12H12ClN7O/c1-3-20-7(4-6(2)19-20)11(21)18-12-16-9(13)8-10(17-12)15-5-14-8/h4-5H,3H2,1-2H3,(H2,14,15,16,17,18,21). The lowest BCUT2D eigenvalue weighted by atomic mass is 10.3. The number of nitrogens with zero attached hydrogens (tertiary/aromatic N) is 5. The van der Waals surface area contributed by atoms with Crippen LogP contribution in [-0.2, 0) is 6.54 Å². The van der Waals surface area contributed by atoms with E-state index in [0.29, 0.717) is 23.4 Å². The third kappa shape index (κ3) is 2.45. The van der Waals surface area contributed by atoms with Gasteiger partial charge in [-0.15, -0.1) is 0 Å². The molecule has 8 nitrogen and oxygen atoms in total. The van der Waals surface area contributed by atoms with Crippen LogP contribution < -0.4 is 5.32 Å². The fraction of sp³-hybridized carbons (Fsp3) is 0.250. The number of rotatable bonds is 3. The Morgan fingerprint density at radius 2 is 2.29 bits per heavy atom. The predicted octanol–water partition coefficient (Wildman–Crippen LogP) is 1.78. The molecule has 0 fully saturated rings. The molecule has 0 saturated heterocycles. The summed E-state index contributed by atoms with van der Waals surface area (Å²) in [6, 6.07) is 1.70. The Bertz CT molecular complexity index is 822. The monoisotopic (exact) mass is 305 g/mol. The fourth-order valence-corrected chi connectivity index (χ4v) is 2.21. The van der Waals surface area contributed by atoms with Crippen LogP contribution in [0.2, 0.25) is 5.15 Å². The minimum absolute atomic E-state index is 0.103. The summed E-state index contributed by atoms with van der Waals surface area (Å²) in [5.41, 5.74) is 2.13. The number of fused-ring (bicyclic) bond motifs is 1. The number of hydrogen-bond donors (Lipinski definition) is 2. The third-order valence-electron chi connectivity index (χ3n) is 2.90. The minimum Gasteiger partial charge on any atom is -0.341 e. The summed E-state index contributed by atoms with van der Waals surface area (Å²) in [5, 5.41) is 7.03. The first-order valence-electron chi connectivity index (χ1n) is 6.31. The topological polar surface area (TPSA) is 101 Å². The summed E-state index contributed by atoms with van der Waals surface area (Å²) < 4.78 is 1.61. The van der Waals surface area contributed by atoms with Crippen molar-refractivity contribution < 1.29 is 4.79 Å². The molecule has 3 rings (SSSR count). The van der Waals surface area contributed by atoms with Crippen LogP contribution in [0.5, 0.6) is 0 Å². The van der Waals surface area contributed by atoms with E-state index in [1.165, 1.54) is 6.33 Å². The lowest BCUT2D eigenvalue weighted by Gasteiger charge is -2.05. The highest BCUT2D eigenvalue weighted by molar-refractivity contribution is 6.33. The molecule has 0 atom stereocenters. The van der Waals surface area contributed by atoms with Gasteiger partial charge in [0.15, 0.2) is 10.8 Å². The van der Waals surface area contributed by atoms with Crippen LogP contribution in [0.15, 0.2) is 12.4 Å². The smallest absolute Gasteiger partial charge is 0.276 e. The molecule has 0 saturated carbocycles. The van der Waals surface area contributed by atoms with E-state index in [1.54, 1.807) is 10.7 Å². The minimum atomic E-state index is -0.344.